The summed E-state index contributed by atoms with van der Waals surface area (Å²) in [6.07, 6.45) is -0.959. The van der Waals surface area contributed by atoms with Crippen molar-refractivity contribution in [2.24, 2.45) is 16.5 Å². The van der Waals surface area contributed by atoms with Gasteiger partial charge in [0, 0.05) is 25.9 Å². The number of carbonyl (C=O) groups excluding carboxylic acids is 2. The fourth-order valence-corrected chi connectivity index (χ4v) is 6.61. The first kappa shape index (κ1) is 37.3. The zero-order valence-corrected chi connectivity index (χ0v) is 28.5. The Morgan fingerprint density at radius 3 is 2.00 bits per heavy atom. The molecule has 0 aliphatic rings. The first-order valence-electron chi connectivity index (χ1n) is 15.6. The number of alkyl carbamates (subject to hydrolysis) is 1. The fraction of sp³-hybridized carbons (Fsp3) is 0.429. The Balaban J connectivity index is 1.85. The average molecular weight is 667 g/mol. The van der Waals surface area contributed by atoms with Crippen molar-refractivity contribution in [1.82, 2.24) is 14.9 Å². The number of nitrogens with zero attached hydrogens (tertiary/aromatic N) is 2. The van der Waals surface area contributed by atoms with E-state index in [1.165, 1.54) is 28.6 Å². The van der Waals surface area contributed by atoms with Crippen LogP contribution in [0, 0.1) is 16.2 Å². The Bertz CT molecular complexity index is 1560. The topological polar surface area (TPSA) is 154 Å². The van der Waals surface area contributed by atoms with Crippen molar-refractivity contribution in [1.29, 1.82) is 0 Å². The SMILES string of the molecule is CC(C)CN(CC[C@@](O)(Cc1ccccc1)NC(=O)[C@@H](NC(=O)OCc1ccccc1)C(C)(C)C)S(=O)(=O)c1ccc(CN=O)cc1. The molecule has 3 aromatic rings. The Labute approximate surface area is 277 Å². The molecule has 0 unspecified atom stereocenters. The normalized spacial score (nSPS) is 13.9. The summed E-state index contributed by atoms with van der Waals surface area (Å²) in [5, 5.41) is 20.2. The van der Waals surface area contributed by atoms with Crippen molar-refractivity contribution in [3.63, 3.8) is 0 Å². The Kier molecular flexibility index (Phi) is 13.2. The zero-order chi connectivity index (χ0) is 34.7. The van der Waals surface area contributed by atoms with Gasteiger partial charge in [0.25, 0.3) is 0 Å². The maximum atomic E-state index is 13.8. The lowest BCUT2D eigenvalue weighted by Crippen LogP contribution is -2.60. The minimum atomic E-state index is -4.01. The van der Waals surface area contributed by atoms with Gasteiger partial charge in [-0.05, 0) is 40.2 Å². The number of ether oxygens (including phenoxy) is 1. The monoisotopic (exact) mass is 666 g/mol. The number of nitrogens with one attached hydrogen (secondary N) is 2. The second-order valence-corrected chi connectivity index (χ2v) is 15.1. The molecular weight excluding hydrogens is 620 g/mol. The first-order chi connectivity index (χ1) is 22.1. The highest BCUT2D eigenvalue weighted by molar-refractivity contribution is 7.89. The van der Waals surface area contributed by atoms with Crippen LogP contribution in [-0.4, -0.2) is 54.7 Å². The van der Waals surface area contributed by atoms with Gasteiger partial charge in [0.2, 0.25) is 15.9 Å². The predicted octanol–water partition coefficient (Wildman–Crippen LogP) is 5.38. The highest BCUT2D eigenvalue weighted by atomic mass is 32.2. The number of sulfonamides is 1. The molecule has 0 bridgehead atoms. The highest BCUT2D eigenvalue weighted by Gasteiger charge is 2.39. The summed E-state index contributed by atoms with van der Waals surface area (Å²) in [6.45, 7) is 9.08. The molecule has 11 nitrogen and oxygen atoms in total. The fourth-order valence-electron chi connectivity index (χ4n) is 5.01. The molecule has 0 saturated heterocycles. The van der Waals surface area contributed by atoms with Crippen LogP contribution in [0.25, 0.3) is 0 Å². The van der Waals surface area contributed by atoms with Crippen molar-refractivity contribution in [3.8, 4) is 0 Å². The van der Waals surface area contributed by atoms with Gasteiger partial charge in [-0.3, -0.25) is 4.79 Å². The van der Waals surface area contributed by atoms with Gasteiger partial charge in [-0.2, -0.15) is 9.21 Å². The molecule has 0 heterocycles. The van der Waals surface area contributed by atoms with E-state index in [0.717, 1.165) is 11.1 Å². The molecule has 3 N–H and O–H groups in total. The van der Waals surface area contributed by atoms with E-state index in [1.54, 1.807) is 45.0 Å². The van der Waals surface area contributed by atoms with Gasteiger partial charge in [0.05, 0.1) is 4.90 Å². The Morgan fingerprint density at radius 2 is 1.47 bits per heavy atom. The third kappa shape index (κ3) is 11.6. The number of hydrogen-bond acceptors (Lipinski definition) is 8. The van der Waals surface area contributed by atoms with Gasteiger partial charge in [-0.1, -0.05) is 113 Å². The molecule has 0 spiro atoms. The van der Waals surface area contributed by atoms with Crippen molar-refractivity contribution in [2.45, 2.75) is 77.3 Å². The number of rotatable bonds is 16. The minimum Gasteiger partial charge on any atom is -0.445 e. The third-order valence-electron chi connectivity index (χ3n) is 7.45. The summed E-state index contributed by atoms with van der Waals surface area (Å²) in [7, 11) is -4.01. The number of amides is 2. The van der Waals surface area contributed by atoms with E-state index in [0.29, 0.717) is 5.56 Å². The van der Waals surface area contributed by atoms with E-state index >= 15 is 0 Å². The van der Waals surface area contributed by atoms with Crippen LogP contribution in [0.3, 0.4) is 0 Å². The van der Waals surface area contributed by atoms with E-state index in [1.807, 2.05) is 50.2 Å². The number of carbonyl (C=O) groups is 2. The van der Waals surface area contributed by atoms with E-state index in [-0.39, 0.29) is 49.9 Å². The van der Waals surface area contributed by atoms with Crippen molar-refractivity contribution in [2.75, 3.05) is 13.1 Å². The average Bonchev–Trinajstić information content (AvgIpc) is 3.01. The van der Waals surface area contributed by atoms with Gasteiger partial charge < -0.3 is 20.5 Å². The van der Waals surface area contributed by atoms with Gasteiger partial charge in [0.1, 0.15) is 24.9 Å². The van der Waals surface area contributed by atoms with Gasteiger partial charge in [0.15, 0.2) is 0 Å². The van der Waals surface area contributed by atoms with E-state index in [4.69, 9.17) is 4.74 Å². The van der Waals surface area contributed by atoms with Crippen molar-refractivity contribution >= 4 is 22.0 Å². The molecular formula is C35H46N4O7S. The van der Waals surface area contributed by atoms with Gasteiger partial charge >= 0.3 is 6.09 Å². The lowest BCUT2D eigenvalue weighted by atomic mass is 9.85. The zero-order valence-electron chi connectivity index (χ0n) is 27.7. The van der Waals surface area contributed by atoms with Crippen LogP contribution in [0.5, 0.6) is 0 Å². The molecule has 0 aliphatic heterocycles. The molecule has 3 aromatic carbocycles. The van der Waals surface area contributed by atoms with Gasteiger partial charge in [-0.15, -0.1) is 0 Å². The molecule has 0 fully saturated rings. The lowest BCUT2D eigenvalue weighted by molar-refractivity contribution is -0.134. The van der Waals surface area contributed by atoms with Crippen molar-refractivity contribution in [3.05, 3.63) is 107 Å². The van der Waals surface area contributed by atoms with Crippen LogP contribution < -0.4 is 10.6 Å². The summed E-state index contributed by atoms with van der Waals surface area (Å²) in [6, 6.07) is 23.0. The van der Waals surface area contributed by atoms with E-state index in [2.05, 4.69) is 15.8 Å². The van der Waals surface area contributed by atoms with Crippen molar-refractivity contribution < 1.29 is 27.9 Å². The van der Waals surface area contributed by atoms with Gasteiger partial charge in [-0.25, -0.2) is 13.2 Å². The second-order valence-electron chi connectivity index (χ2n) is 13.1. The summed E-state index contributed by atoms with van der Waals surface area (Å²) in [4.78, 5) is 37.3. The molecule has 2 amide bonds. The van der Waals surface area contributed by atoms with Crippen LogP contribution >= 0.6 is 0 Å². The summed E-state index contributed by atoms with van der Waals surface area (Å²) < 4.78 is 34.2. The number of benzene rings is 3. The molecule has 0 saturated carbocycles. The largest absolute Gasteiger partial charge is 0.445 e. The Morgan fingerprint density at radius 1 is 0.894 bits per heavy atom. The maximum absolute atomic E-state index is 13.8. The summed E-state index contributed by atoms with van der Waals surface area (Å²) in [5.74, 6) is -0.693. The lowest BCUT2D eigenvalue weighted by Gasteiger charge is -2.36. The Hall–Kier alpha value is -4.13. The molecule has 0 aromatic heterocycles. The maximum Gasteiger partial charge on any atom is 0.408 e. The quantitative estimate of drug-likeness (QED) is 0.137. The number of aliphatic hydroxyl groups is 1. The highest BCUT2D eigenvalue weighted by Crippen LogP contribution is 2.25. The molecule has 47 heavy (non-hydrogen) atoms. The predicted molar refractivity (Wildman–Crippen MR) is 180 cm³/mol. The summed E-state index contributed by atoms with van der Waals surface area (Å²) >= 11 is 0. The van der Waals surface area contributed by atoms with E-state index in [9.17, 15) is 28.0 Å². The number of nitroso groups, excluding NO2 is 1. The van der Waals surface area contributed by atoms with Crippen LogP contribution in [0.2, 0.25) is 0 Å². The molecule has 254 valence electrons. The molecule has 2 atom stereocenters. The van der Waals surface area contributed by atoms with Crippen LogP contribution in [0.15, 0.2) is 95.0 Å². The summed E-state index contributed by atoms with van der Waals surface area (Å²) in [5.41, 5.74) is -0.577. The molecule has 0 aliphatic carbocycles. The number of hydrogen-bond donors (Lipinski definition) is 3. The molecule has 0 radical (unpaired) electrons. The third-order valence-corrected chi connectivity index (χ3v) is 9.33. The van der Waals surface area contributed by atoms with Crippen LogP contribution in [0.4, 0.5) is 4.79 Å². The minimum absolute atomic E-state index is 0.0139. The van der Waals surface area contributed by atoms with Crippen LogP contribution in [0.1, 0.15) is 57.7 Å². The standard InChI is InChI=1S/C35H46N4O7S/c1-26(2)24-39(47(44,45)30-18-16-28(17-19-30)23-36-43)21-20-35(42,22-27-12-8-6-9-13-27)38-32(40)31(34(3,4)5)37-33(41)46-25-29-14-10-7-11-15-29/h6-19,26,31,42H,20-25H2,1-5H3,(H,37,41)(H,38,40)/t31-,35-/m1/s1. The second kappa shape index (κ2) is 16.6. The molecule has 12 heteroatoms. The smallest absolute Gasteiger partial charge is 0.408 e. The first-order valence-corrected chi connectivity index (χ1v) is 17.0. The molecule has 3 rings (SSSR count). The van der Waals surface area contributed by atoms with E-state index < -0.39 is 39.2 Å². The van der Waals surface area contributed by atoms with Crippen LogP contribution in [-0.2, 0) is 39.1 Å².